The van der Waals surface area contributed by atoms with Crippen LogP contribution in [-0.2, 0) is 0 Å². The van der Waals surface area contributed by atoms with Gasteiger partial charge in [-0.25, -0.2) is 0 Å². The van der Waals surface area contributed by atoms with Gasteiger partial charge in [0, 0.05) is 13.1 Å². The summed E-state index contributed by atoms with van der Waals surface area (Å²) in [7, 11) is 0. The summed E-state index contributed by atoms with van der Waals surface area (Å²) in [6.45, 7) is 1.81. The van der Waals surface area contributed by atoms with Gasteiger partial charge in [0.2, 0.25) is 0 Å². The lowest BCUT2D eigenvalue weighted by Crippen LogP contribution is -2.45. The molecule has 0 bridgehead atoms. The van der Waals surface area contributed by atoms with E-state index in [0.29, 0.717) is 0 Å². The first-order valence-electron chi connectivity index (χ1n) is 6.79. The number of phenols is 2. The van der Waals surface area contributed by atoms with Gasteiger partial charge in [-0.2, -0.15) is 0 Å². The Balaban J connectivity index is 1.90. The van der Waals surface area contributed by atoms with Crippen molar-refractivity contribution in [1.82, 2.24) is 10.6 Å². The van der Waals surface area contributed by atoms with Crippen LogP contribution in [0.2, 0.25) is 0 Å². The zero-order chi connectivity index (χ0) is 13.9. The summed E-state index contributed by atoms with van der Waals surface area (Å²) in [5, 5.41) is 25.8. The summed E-state index contributed by atoms with van der Waals surface area (Å²) in [6, 6.07) is 14.9. The Labute approximate surface area is 118 Å². The number of aromatic hydroxyl groups is 2. The van der Waals surface area contributed by atoms with Gasteiger partial charge in [0.1, 0.15) is 11.5 Å². The first-order valence-corrected chi connectivity index (χ1v) is 6.79. The second kappa shape index (κ2) is 5.53. The predicted octanol–water partition coefficient (Wildman–Crippen LogP) is 2.07. The van der Waals surface area contributed by atoms with Crippen LogP contribution in [-0.4, -0.2) is 23.3 Å². The van der Waals surface area contributed by atoms with E-state index in [1.54, 1.807) is 24.3 Å². The topological polar surface area (TPSA) is 64.5 Å². The third-order valence-electron chi connectivity index (χ3n) is 3.69. The van der Waals surface area contributed by atoms with Crippen molar-refractivity contribution in [3.05, 3.63) is 59.7 Å². The average Bonchev–Trinajstić information content (AvgIpc) is 2.49. The van der Waals surface area contributed by atoms with E-state index in [1.807, 2.05) is 24.3 Å². The highest BCUT2D eigenvalue weighted by atomic mass is 16.3. The maximum atomic E-state index is 9.40. The molecule has 0 unspecified atom stereocenters. The van der Waals surface area contributed by atoms with Crippen LogP contribution >= 0.6 is 0 Å². The number of piperazine rings is 1. The molecular formula is C16H18N2O2. The van der Waals surface area contributed by atoms with Crippen LogP contribution in [0.1, 0.15) is 23.2 Å². The molecule has 1 heterocycles. The normalized spacial score (nSPS) is 22.6. The van der Waals surface area contributed by atoms with Crippen LogP contribution in [0.4, 0.5) is 0 Å². The van der Waals surface area contributed by atoms with E-state index in [9.17, 15) is 10.2 Å². The lowest BCUT2D eigenvalue weighted by Gasteiger charge is -2.34. The number of hydrogen-bond acceptors (Lipinski definition) is 4. The second-order valence-corrected chi connectivity index (χ2v) is 5.05. The van der Waals surface area contributed by atoms with E-state index in [4.69, 9.17) is 0 Å². The molecule has 104 valence electrons. The Bertz CT molecular complexity index is 513. The summed E-state index contributed by atoms with van der Waals surface area (Å²) < 4.78 is 0. The molecule has 1 saturated heterocycles. The summed E-state index contributed by atoms with van der Waals surface area (Å²) >= 11 is 0. The number of benzene rings is 2. The van der Waals surface area contributed by atoms with Crippen LogP contribution in [0.5, 0.6) is 11.5 Å². The van der Waals surface area contributed by atoms with Gasteiger partial charge in [-0.05, 0) is 35.4 Å². The molecule has 0 spiro atoms. The van der Waals surface area contributed by atoms with E-state index in [0.717, 1.165) is 24.2 Å². The SMILES string of the molecule is Oc1ccc([C@H]2NCCN[C@@H]2c2ccc(O)cc2)cc1. The van der Waals surface area contributed by atoms with Crippen molar-refractivity contribution in [1.29, 1.82) is 0 Å². The van der Waals surface area contributed by atoms with E-state index in [2.05, 4.69) is 10.6 Å². The minimum atomic E-state index is 0.147. The van der Waals surface area contributed by atoms with E-state index in [1.165, 1.54) is 0 Å². The highest BCUT2D eigenvalue weighted by Crippen LogP contribution is 2.31. The zero-order valence-corrected chi connectivity index (χ0v) is 11.1. The standard InChI is InChI=1S/C16H18N2O2/c19-13-5-1-11(2-6-13)15-16(18-10-9-17-15)12-3-7-14(20)8-4-12/h1-8,15-20H,9-10H2/t15-,16-/m1/s1. The highest BCUT2D eigenvalue weighted by molar-refractivity contribution is 5.34. The fraction of sp³-hybridized carbons (Fsp3) is 0.250. The van der Waals surface area contributed by atoms with Gasteiger partial charge in [-0.15, -0.1) is 0 Å². The van der Waals surface area contributed by atoms with Crippen LogP contribution in [0.25, 0.3) is 0 Å². The maximum Gasteiger partial charge on any atom is 0.115 e. The summed E-state index contributed by atoms with van der Waals surface area (Å²) in [5.74, 6) is 0.553. The third-order valence-corrected chi connectivity index (χ3v) is 3.69. The molecular weight excluding hydrogens is 252 g/mol. The smallest absolute Gasteiger partial charge is 0.115 e. The summed E-state index contributed by atoms with van der Waals surface area (Å²) in [4.78, 5) is 0. The van der Waals surface area contributed by atoms with Gasteiger partial charge in [0.05, 0.1) is 12.1 Å². The molecule has 1 aliphatic heterocycles. The Morgan fingerprint density at radius 1 is 0.650 bits per heavy atom. The molecule has 3 rings (SSSR count). The number of hydrogen-bond donors (Lipinski definition) is 4. The molecule has 4 nitrogen and oxygen atoms in total. The Kier molecular flexibility index (Phi) is 3.58. The summed E-state index contributed by atoms with van der Waals surface area (Å²) in [6.07, 6.45) is 0. The first kappa shape index (κ1) is 13.0. The molecule has 0 aromatic heterocycles. The molecule has 2 atom stereocenters. The van der Waals surface area contributed by atoms with Crippen LogP contribution in [0.3, 0.4) is 0 Å². The van der Waals surface area contributed by atoms with E-state index < -0.39 is 0 Å². The number of rotatable bonds is 2. The molecule has 1 fully saturated rings. The Hall–Kier alpha value is -2.04. The zero-order valence-electron chi connectivity index (χ0n) is 11.1. The van der Waals surface area contributed by atoms with Gasteiger partial charge < -0.3 is 20.8 Å². The predicted molar refractivity (Wildman–Crippen MR) is 77.7 cm³/mol. The van der Waals surface area contributed by atoms with Gasteiger partial charge >= 0.3 is 0 Å². The number of phenolic OH excluding ortho intramolecular Hbond substituents is 2. The molecule has 20 heavy (non-hydrogen) atoms. The fourth-order valence-electron chi connectivity index (χ4n) is 2.67. The summed E-state index contributed by atoms with van der Waals surface area (Å²) in [5.41, 5.74) is 2.26. The van der Waals surface area contributed by atoms with Gasteiger partial charge in [0.25, 0.3) is 0 Å². The van der Waals surface area contributed by atoms with Crippen LogP contribution in [0, 0.1) is 0 Å². The molecule has 1 aliphatic rings. The molecule has 0 amide bonds. The molecule has 0 aliphatic carbocycles. The molecule has 0 radical (unpaired) electrons. The third kappa shape index (κ3) is 2.61. The monoisotopic (exact) mass is 270 g/mol. The average molecular weight is 270 g/mol. The van der Waals surface area contributed by atoms with Crippen molar-refractivity contribution in [2.24, 2.45) is 0 Å². The first-order chi connectivity index (χ1) is 9.74. The Morgan fingerprint density at radius 3 is 1.35 bits per heavy atom. The van der Waals surface area contributed by atoms with Crippen molar-refractivity contribution in [3.8, 4) is 11.5 Å². The molecule has 4 N–H and O–H groups in total. The van der Waals surface area contributed by atoms with Crippen molar-refractivity contribution in [2.75, 3.05) is 13.1 Å². The Morgan fingerprint density at radius 2 is 1.00 bits per heavy atom. The van der Waals surface area contributed by atoms with E-state index in [-0.39, 0.29) is 23.6 Å². The number of nitrogens with one attached hydrogen (secondary N) is 2. The van der Waals surface area contributed by atoms with Crippen molar-refractivity contribution in [2.45, 2.75) is 12.1 Å². The van der Waals surface area contributed by atoms with Gasteiger partial charge in [-0.1, -0.05) is 24.3 Å². The van der Waals surface area contributed by atoms with Crippen molar-refractivity contribution >= 4 is 0 Å². The minimum absolute atomic E-state index is 0.147. The van der Waals surface area contributed by atoms with E-state index >= 15 is 0 Å². The van der Waals surface area contributed by atoms with Gasteiger partial charge in [-0.3, -0.25) is 0 Å². The minimum Gasteiger partial charge on any atom is -0.508 e. The van der Waals surface area contributed by atoms with Crippen LogP contribution < -0.4 is 10.6 Å². The molecule has 0 saturated carbocycles. The van der Waals surface area contributed by atoms with Crippen molar-refractivity contribution < 1.29 is 10.2 Å². The fourth-order valence-corrected chi connectivity index (χ4v) is 2.67. The molecule has 2 aromatic carbocycles. The molecule has 4 heteroatoms. The second-order valence-electron chi connectivity index (χ2n) is 5.05. The van der Waals surface area contributed by atoms with Crippen LogP contribution in [0.15, 0.2) is 48.5 Å². The maximum absolute atomic E-state index is 9.40. The lowest BCUT2D eigenvalue weighted by molar-refractivity contribution is 0.332. The quantitative estimate of drug-likeness (QED) is 0.674. The highest BCUT2D eigenvalue weighted by Gasteiger charge is 2.27. The molecule has 2 aromatic rings. The van der Waals surface area contributed by atoms with Gasteiger partial charge in [0.15, 0.2) is 0 Å². The van der Waals surface area contributed by atoms with Crippen molar-refractivity contribution in [3.63, 3.8) is 0 Å². The largest absolute Gasteiger partial charge is 0.508 e. The lowest BCUT2D eigenvalue weighted by atomic mass is 9.91.